The van der Waals surface area contributed by atoms with Crippen molar-refractivity contribution in [3.8, 4) is 5.75 Å². The van der Waals surface area contributed by atoms with Crippen LogP contribution in [0.25, 0.3) is 0 Å². The molecule has 0 aliphatic rings. The summed E-state index contributed by atoms with van der Waals surface area (Å²) in [6, 6.07) is 10.9. The number of hydrogen-bond donors (Lipinski definition) is 2. The summed E-state index contributed by atoms with van der Waals surface area (Å²) in [6.45, 7) is 4.05. The molecule has 21 heavy (non-hydrogen) atoms. The van der Waals surface area contributed by atoms with Gasteiger partial charge in [0.1, 0.15) is 17.3 Å². The maximum Gasteiger partial charge on any atom is 0.258 e. The van der Waals surface area contributed by atoms with Crippen molar-refractivity contribution in [3.63, 3.8) is 0 Å². The van der Waals surface area contributed by atoms with E-state index in [0.717, 1.165) is 17.1 Å². The lowest BCUT2D eigenvalue weighted by Gasteiger charge is -2.13. The highest BCUT2D eigenvalue weighted by molar-refractivity contribution is 5.77. The fourth-order valence-electron chi connectivity index (χ4n) is 2.00. The molecule has 1 unspecified atom stereocenters. The van der Waals surface area contributed by atoms with E-state index in [1.807, 2.05) is 44.2 Å². The Hall–Kier alpha value is -2.27. The normalized spacial score (nSPS) is 12.0. The molecule has 5 nitrogen and oxygen atoms in total. The molecule has 0 saturated carbocycles. The Morgan fingerprint density at radius 2 is 2.10 bits per heavy atom. The largest absolute Gasteiger partial charge is 0.483 e. The molecule has 112 valence electrons. The molecule has 5 heteroatoms. The summed E-state index contributed by atoms with van der Waals surface area (Å²) in [4.78, 5) is 11.9. The average Bonchev–Trinajstić information content (AvgIpc) is 2.92. The number of aryl methyl sites for hydroxylation is 1. The molecule has 0 aliphatic carbocycles. The van der Waals surface area contributed by atoms with Crippen molar-refractivity contribution in [2.24, 2.45) is 5.73 Å². The summed E-state index contributed by atoms with van der Waals surface area (Å²) in [6.07, 6.45) is 0. The second-order valence-electron chi connectivity index (χ2n) is 4.84. The maximum absolute atomic E-state index is 11.9. The third-order valence-electron chi connectivity index (χ3n) is 3.12. The highest BCUT2D eigenvalue weighted by Gasteiger charge is 2.13. The highest BCUT2D eigenvalue weighted by Crippen LogP contribution is 2.18. The van der Waals surface area contributed by atoms with Crippen LogP contribution in [0, 0.1) is 6.92 Å². The second-order valence-corrected chi connectivity index (χ2v) is 4.84. The standard InChI is InChI=1S/C16H20N2O3/c1-11-7-8-14(21-11)12(2)18-16(19)10-20-15-6-4-3-5-13(15)9-17/h3-8,12H,9-10,17H2,1-2H3,(H,18,19). The molecule has 0 bridgehead atoms. The third-order valence-corrected chi connectivity index (χ3v) is 3.12. The first-order valence-electron chi connectivity index (χ1n) is 6.86. The van der Waals surface area contributed by atoms with Crippen molar-refractivity contribution in [1.29, 1.82) is 0 Å². The van der Waals surface area contributed by atoms with Gasteiger partial charge in [-0.15, -0.1) is 0 Å². The summed E-state index contributed by atoms with van der Waals surface area (Å²) in [5.74, 6) is 1.97. The van der Waals surface area contributed by atoms with Crippen LogP contribution in [-0.2, 0) is 11.3 Å². The number of amides is 1. The summed E-state index contributed by atoms with van der Waals surface area (Å²) >= 11 is 0. The van der Waals surface area contributed by atoms with Gasteiger partial charge in [0, 0.05) is 12.1 Å². The SMILES string of the molecule is Cc1ccc(C(C)NC(=O)COc2ccccc2CN)o1. The topological polar surface area (TPSA) is 77.5 Å². The van der Waals surface area contributed by atoms with Crippen molar-refractivity contribution in [2.45, 2.75) is 26.4 Å². The predicted molar refractivity (Wildman–Crippen MR) is 79.8 cm³/mol. The van der Waals surface area contributed by atoms with Crippen LogP contribution < -0.4 is 15.8 Å². The van der Waals surface area contributed by atoms with Crippen molar-refractivity contribution in [2.75, 3.05) is 6.61 Å². The molecule has 1 aromatic heterocycles. The molecular weight excluding hydrogens is 268 g/mol. The van der Waals surface area contributed by atoms with E-state index in [1.165, 1.54) is 0 Å². The maximum atomic E-state index is 11.9. The van der Waals surface area contributed by atoms with Crippen LogP contribution in [-0.4, -0.2) is 12.5 Å². The monoisotopic (exact) mass is 288 g/mol. The van der Waals surface area contributed by atoms with Crippen molar-refractivity contribution in [3.05, 3.63) is 53.5 Å². The zero-order chi connectivity index (χ0) is 15.2. The predicted octanol–water partition coefficient (Wildman–Crippen LogP) is 2.30. The number of carbonyl (C=O) groups excluding carboxylic acids is 1. The number of rotatable bonds is 6. The van der Waals surface area contributed by atoms with Crippen LogP contribution in [0.1, 0.15) is 30.0 Å². The van der Waals surface area contributed by atoms with Crippen molar-refractivity contribution < 1.29 is 13.9 Å². The first-order valence-corrected chi connectivity index (χ1v) is 6.86. The third kappa shape index (κ3) is 4.10. The number of furan rings is 1. The molecule has 1 aromatic carbocycles. The summed E-state index contributed by atoms with van der Waals surface area (Å²) in [5.41, 5.74) is 6.50. The molecule has 0 saturated heterocycles. The van der Waals surface area contributed by atoms with Gasteiger partial charge in [-0.05, 0) is 32.0 Å². The second kappa shape index (κ2) is 6.95. The van der Waals surface area contributed by atoms with Crippen LogP contribution in [0.5, 0.6) is 5.75 Å². The Morgan fingerprint density at radius 1 is 1.33 bits per heavy atom. The highest BCUT2D eigenvalue weighted by atomic mass is 16.5. The zero-order valence-electron chi connectivity index (χ0n) is 12.3. The molecule has 1 heterocycles. The molecule has 0 radical (unpaired) electrons. The van der Waals surface area contributed by atoms with Gasteiger partial charge in [-0.25, -0.2) is 0 Å². The minimum atomic E-state index is -0.205. The van der Waals surface area contributed by atoms with E-state index >= 15 is 0 Å². The number of nitrogens with one attached hydrogen (secondary N) is 1. The minimum Gasteiger partial charge on any atom is -0.483 e. The van der Waals surface area contributed by atoms with E-state index in [1.54, 1.807) is 6.07 Å². The van der Waals surface area contributed by atoms with Gasteiger partial charge in [-0.1, -0.05) is 18.2 Å². The van der Waals surface area contributed by atoms with Gasteiger partial charge in [-0.2, -0.15) is 0 Å². The van der Waals surface area contributed by atoms with Crippen LogP contribution in [0.15, 0.2) is 40.8 Å². The van der Waals surface area contributed by atoms with Gasteiger partial charge in [0.05, 0.1) is 6.04 Å². The average molecular weight is 288 g/mol. The Morgan fingerprint density at radius 3 is 2.76 bits per heavy atom. The number of carbonyl (C=O) groups is 1. The Bertz CT molecular complexity index is 607. The Balaban J connectivity index is 1.87. The molecular formula is C16H20N2O3. The van der Waals surface area contributed by atoms with E-state index in [4.69, 9.17) is 14.9 Å². The van der Waals surface area contributed by atoms with Crippen molar-refractivity contribution in [1.82, 2.24) is 5.32 Å². The number of hydrogen-bond acceptors (Lipinski definition) is 4. The van der Waals surface area contributed by atoms with Crippen LogP contribution in [0.3, 0.4) is 0 Å². The zero-order valence-corrected chi connectivity index (χ0v) is 12.3. The lowest BCUT2D eigenvalue weighted by Crippen LogP contribution is -2.31. The van der Waals surface area contributed by atoms with Gasteiger partial charge in [0.2, 0.25) is 0 Å². The Kier molecular flexibility index (Phi) is 5.00. The number of benzene rings is 1. The number of para-hydroxylation sites is 1. The fraction of sp³-hybridized carbons (Fsp3) is 0.312. The molecule has 0 aliphatic heterocycles. The van der Waals surface area contributed by atoms with E-state index in [2.05, 4.69) is 5.32 Å². The van der Waals surface area contributed by atoms with Gasteiger partial charge >= 0.3 is 0 Å². The van der Waals surface area contributed by atoms with Crippen molar-refractivity contribution >= 4 is 5.91 Å². The minimum absolute atomic E-state index is 0.0545. The van der Waals surface area contributed by atoms with E-state index < -0.39 is 0 Å². The van der Waals surface area contributed by atoms with Gasteiger partial charge < -0.3 is 20.2 Å². The van der Waals surface area contributed by atoms with Crippen LogP contribution in [0.4, 0.5) is 0 Å². The first kappa shape index (κ1) is 15.1. The lowest BCUT2D eigenvalue weighted by molar-refractivity contribution is -0.123. The molecule has 2 rings (SSSR count). The molecule has 1 amide bonds. The summed E-state index contributed by atoms with van der Waals surface area (Å²) in [5, 5.41) is 2.83. The quantitative estimate of drug-likeness (QED) is 0.855. The van der Waals surface area contributed by atoms with Gasteiger partial charge in [0.15, 0.2) is 6.61 Å². The number of nitrogens with two attached hydrogens (primary N) is 1. The van der Waals surface area contributed by atoms with E-state index in [9.17, 15) is 4.79 Å². The molecule has 0 fully saturated rings. The van der Waals surface area contributed by atoms with E-state index in [-0.39, 0.29) is 18.6 Å². The molecule has 2 aromatic rings. The Labute approximate surface area is 124 Å². The van der Waals surface area contributed by atoms with E-state index in [0.29, 0.717) is 12.3 Å². The summed E-state index contributed by atoms with van der Waals surface area (Å²) in [7, 11) is 0. The fourth-order valence-corrected chi connectivity index (χ4v) is 2.00. The first-order chi connectivity index (χ1) is 10.1. The van der Waals surface area contributed by atoms with Crippen LogP contribution in [0.2, 0.25) is 0 Å². The van der Waals surface area contributed by atoms with Gasteiger partial charge in [0.25, 0.3) is 5.91 Å². The van der Waals surface area contributed by atoms with Gasteiger partial charge in [-0.3, -0.25) is 4.79 Å². The van der Waals surface area contributed by atoms with Crippen LogP contribution >= 0.6 is 0 Å². The number of ether oxygens (including phenoxy) is 1. The lowest BCUT2D eigenvalue weighted by atomic mass is 10.2. The molecule has 3 N–H and O–H groups in total. The summed E-state index contributed by atoms with van der Waals surface area (Å²) < 4.78 is 11.0. The molecule has 1 atom stereocenters. The smallest absolute Gasteiger partial charge is 0.258 e. The molecule has 0 spiro atoms.